The van der Waals surface area contributed by atoms with E-state index in [0.29, 0.717) is 0 Å². The first kappa shape index (κ1) is 14.9. The summed E-state index contributed by atoms with van der Waals surface area (Å²) < 4.78 is 5.68. The van der Waals surface area contributed by atoms with E-state index in [-0.39, 0.29) is 10.8 Å². The lowest BCUT2D eigenvalue weighted by molar-refractivity contribution is 0.311. The Bertz CT molecular complexity index is 576. The van der Waals surface area contributed by atoms with Crippen molar-refractivity contribution in [3.8, 4) is 11.8 Å². The summed E-state index contributed by atoms with van der Waals surface area (Å²) in [5, 5.41) is 9.53. The van der Waals surface area contributed by atoms with Crippen molar-refractivity contribution in [3.63, 3.8) is 0 Å². The van der Waals surface area contributed by atoms with Crippen molar-refractivity contribution in [1.29, 1.82) is 5.26 Å². The van der Waals surface area contributed by atoms with E-state index in [0.717, 1.165) is 29.7 Å². The zero-order valence-electron chi connectivity index (χ0n) is 13.6. The molecule has 0 unspecified atom stereocenters. The molecule has 0 aliphatic heterocycles. The number of methoxy groups -OCH3 is 1. The molecule has 0 fully saturated rings. The van der Waals surface area contributed by atoms with Crippen LogP contribution in [0.15, 0.2) is 6.07 Å². The van der Waals surface area contributed by atoms with Crippen LogP contribution in [0.4, 0.5) is 0 Å². The summed E-state index contributed by atoms with van der Waals surface area (Å²) >= 11 is 0. The Hall–Kier alpha value is -1.49. The summed E-state index contributed by atoms with van der Waals surface area (Å²) in [5.74, 6) is 0.805. The fourth-order valence-corrected chi connectivity index (χ4v) is 3.41. The normalized spacial score (nSPS) is 19.1. The molecule has 108 valence electrons. The Morgan fingerprint density at radius 3 is 2.30 bits per heavy atom. The van der Waals surface area contributed by atoms with E-state index < -0.39 is 0 Å². The fourth-order valence-electron chi connectivity index (χ4n) is 3.41. The number of fused-ring (bicyclic) bond motifs is 1. The van der Waals surface area contributed by atoms with E-state index in [1.165, 1.54) is 17.5 Å². The molecule has 0 saturated carbocycles. The number of hydrogen-bond acceptors (Lipinski definition) is 2. The molecule has 1 aromatic rings. The van der Waals surface area contributed by atoms with Gasteiger partial charge in [-0.25, -0.2) is 0 Å². The molecule has 0 atom stereocenters. The molecule has 0 aromatic heterocycles. The van der Waals surface area contributed by atoms with E-state index in [2.05, 4.69) is 46.8 Å². The highest BCUT2D eigenvalue weighted by molar-refractivity contribution is 5.61. The largest absolute Gasteiger partial charge is 0.495 e. The Morgan fingerprint density at radius 1 is 1.20 bits per heavy atom. The van der Waals surface area contributed by atoms with Crippen LogP contribution in [-0.4, -0.2) is 7.11 Å². The molecule has 1 aromatic carbocycles. The summed E-state index contributed by atoms with van der Waals surface area (Å²) in [6.45, 7) is 11.2. The van der Waals surface area contributed by atoms with Gasteiger partial charge in [0.2, 0.25) is 0 Å². The SMILES string of the molecule is CCc1cc2c(c(OC)c1C#N)C(C)(C)CCC2(C)C. The second kappa shape index (κ2) is 4.81. The minimum Gasteiger partial charge on any atom is -0.495 e. The minimum atomic E-state index is 0.0636. The summed E-state index contributed by atoms with van der Waals surface area (Å²) in [7, 11) is 1.69. The average Bonchev–Trinajstić information content (AvgIpc) is 2.41. The molecule has 0 saturated heterocycles. The maximum atomic E-state index is 9.53. The average molecular weight is 271 g/mol. The molecule has 0 bridgehead atoms. The Morgan fingerprint density at radius 2 is 1.80 bits per heavy atom. The van der Waals surface area contributed by atoms with Gasteiger partial charge >= 0.3 is 0 Å². The third-order valence-corrected chi connectivity index (χ3v) is 4.84. The van der Waals surface area contributed by atoms with Crippen molar-refractivity contribution >= 4 is 0 Å². The standard InChI is InChI=1S/C18H25NO/c1-7-12-10-14-15(16(20-6)13(12)11-19)18(4,5)9-8-17(14,2)3/h10H,7-9H2,1-6H3. The van der Waals surface area contributed by atoms with E-state index in [9.17, 15) is 5.26 Å². The first-order valence-corrected chi connectivity index (χ1v) is 7.43. The predicted molar refractivity (Wildman–Crippen MR) is 82.4 cm³/mol. The number of hydrogen-bond donors (Lipinski definition) is 0. The number of nitrogens with zero attached hydrogens (tertiary/aromatic N) is 1. The summed E-state index contributed by atoms with van der Waals surface area (Å²) in [6.07, 6.45) is 3.16. The molecule has 2 nitrogen and oxygen atoms in total. The molecule has 0 heterocycles. The highest BCUT2D eigenvalue weighted by atomic mass is 16.5. The van der Waals surface area contributed by atoms with Gasteiger partial charge in [-0.15, -0.1) is 0 Å². The molecule has 1 aliphatic carbocycles. The molecule has 0 spiro atoms. The van der Waals surface area contributed by atoms with Gasteiger partial charge in [0, 0.05) is 5.56 Å². The summed E-state index contributed by atoms with van der Waals surface area (Å²) in [6, 6.07) is 4.60. The number of benzene rings is 1. The van der Waals surface area contributed by atoms with Crippen LogP contribution in [-0.2, 0) is 17.3 Å². The zero-order chi connectivity index (χ0) is 15.1. The number of rotatable bonds is 2. The lowest BCUT2D eigenvalue weighted by atomic mass is 9.62. The molecule has 20 heavy (non-hydrogen) atoms. The van der Waals surface area contributed by atoms with Crippen LogP contribution in [0.25, 0.3) is 0 Å². The van der Waals surface area contributed by atoms with Crippen molar-refractivity contribution in [2.24, 2.45) is 0 Å². The minimum absolute atomic E-state index is 0.0636. The van der Waals surface area contributed by atoms with Gasteiger partial charge in [0.05, 0.1) is 12.7 Å². The first-order chi connectivity index (χ1) is 9.28. The van der Waals surface area contributed by atoms with Crippen molar-refractivity contribution < 1.29 is 4.74 Å². The molecule has 1 aliphatic rings. The second-order valence-corrected chi connectivity index (χ2v) is 7.10. The van der Waals surface area contributed by atoms with Gasteiger partial charge in [-0.3, -0.25) is 0 Å². The van der Waals surface area contributed by atoms with E-state index in [4.69, 9.17) is 4.74 Å². The van der Waals surface area contributed by atoms with Gasteiger partial charge in [-0.05, 0) is 41.2 Å². The van der Waals surface area contributed by atoms with Crippen molar-refractivity contribution in [2.45, 2.75) is 64.7 Å². The summed E-state index contributed by atoms with van der Waals surface area (Å²) in [4.78, 5) is 0. The molecule has 2 rings (SSSR count). The van der Waals surface area contributed by atoms with E-state index >= 15 is 0 Å². The van der Waals surface area contributed by atoms with Crippen LogP contribution in [0.2, 0.25) is 0 Å². The monoisotopic (exact) mass is 271 g/mol. The topological polar surface area (TPSA) is 33.0 Å². The van der Waals surface area contributed by atoms with Crippen LogP contribution in [0.3, 0.4) is 0 Å². The van der Waals surface area contributed by atoms with Gasteiger partial charge in [0.25, 0.3) is 0 Å². The zero-order valence-corrected chi connectivity index (χ0v) is 13.6. The predicted octanol–water partition coefficient (Wildman–Crippen LogP) is 4.48. The second-order valence-electron chi connectivity index (χ2n) is 7.10. The Labute approximate surface area is 122 Å². The maximum Gasteiger partial charge on any atom is 0.140 e. The van der Waals surface area contributed by atoms with Crippen molar-refractivity contribution in [3.05, 3.63) is 28.3 Å². The molecule has 0 amide bonds. The number of nitriles is 1. The van der Waals surface area contributed by atoms with Crippen molar-refractivity contribution in [1.82, 2.24) is 0 Å². The third-order valence-electron chi connectivity index (χ3n) is 4.84. The van der Waals surface area contributed by atoms with Crippen LogP contribution in [0.1, 0.15) is 69.7 Å². The maximum absolute atomic E-state index is 9.53. The number of aryl methyl sites for hydroxylation is 1. The van der Waals surface area contributed by atoms with Gasteiger partial charge in [-0.1, -0.05) is 40.7 Å². The molecular formula is C18H25NO. The Kier molecular flexibility index (Phi) is 3.58. The van der Waals surface area contributed by atoms with Gasteiger partial charge < -0.3 is 4.74 Å². The van der Waals surface area contributed by atoms with Crippen LogP contribution >= 0.6 is 0 Å². The van der Waals surface area contributed by atoms with Crippen LogP contribution in [0.5, 0.6) is 5.75 Å². The van der Waals surface area contributed by atoms with Gasteiger partial charge in [-0.2, -0.15) is 5.26 Å². The summed E-state index contributed by atoms with van der Waals surface area (Å²) in [5.41, 5.74) is 4.64. The van der Waals surface area contributed by atoms with Crippen LogP contribution in [0, 0.1) is 11.3 Å². The molecule has 2 heteroatoms. The first-order valence-electron chi connectivity index (χ1n) is 7.43. The molecular weight excluding hydrogens is 246 g/mol. The van der Waals surface area contributed by atoms with E-state index in [1.807, 2.05) is 0 Å². The third kappa shape index (κ3) is 2.10. The van der Waals surface area contributed by atoms with Gasteiger partial charge in [0.1, 0.15) is 11.8 Å². The smallest absolute Gasteiger partial charge is 0.140 e. The van der Waals surface area contributed by atoms with Crippen molar-refractivity contribution in [2.75, 3.05) is 7.11 Å². The highest BCUT2D eigenvalue weighted by Gasteiger charge is 2.40. The highest BCUT2D eigenvalue weighted by Crippen LogP contribution is 2.51. The molecule has 0 N–H and O–H groups in total. The quantitative estimate of drug-likeness (QED) is 0.794. The number of ether oxygens (including phenoxy) is 1. The molecule has 0 radical (unpaired) electrons. The van der Waals surface area contributed by atoms with Crippen LogP contribution < -0.4 is 4.74 Å². The van der Waals surface area contributed by atoms with E-state index in [1.54, 1.807) is 7.11 Å². The fraction of sp³-hybridized carbons (Fsp3) is 0.611. The Balaban J connectivity index is 2.89. The van der Waals surface area contributed by atoms with Gasteiger partial charge in [0.15, 0.2) is 0 Å². The lowest BCUT2D eigenvalue weighted by Crippen LogP contribution is -2.34. The lowest BCUT2D eigenvalue weighted by Gasteiger charge is -2.43.